The highest BCUT2D eigenvalue weighted by Crippen LogP contribution is 2.40. The fourth-order valence-corrected chi connectivity index (χ4v) is 5.55. The molecule has 7 nitrogen and oxygen atoms in total. The zero-order valence-corrected chi connectivity index (χ0v) is 16.8. The molecule has 0 atom stereocenters. The molecule has 3 rings (SSSR count). The number of aromatic nitrogens is 2. The molecule has 0 bridgehead atoms. The predicted molar refractivity (Wildman–Crippen MR) is 105 cm³/mol. The number of ketones is 1. The quantitative estimate of drug-likeness (QED) is 0.757. The number of hydrogen-bond acceptors (Lipinski definition) is 6. The number of aryl methyl sites for hydroxylation is 1. The Morgan fingerprint density at radius 2 is 2.04 bits per heavy atom. The Bertz CT molecular complexity index is 981. The zero-order chi connectivity index (χ0) is 19.6. The van der Waals surface area contributed by atoms with E-state index >= 15 is 0 Å². The maximum absolute atomic E-state index is 13.1. The maximum Gasteiger partial charge on any atom is 0.220 e. The summed E-state index contributed by atoms with van der Waals surface area (Å²) in [7, 11) is -0.906. The van der Waals surface area contributed by atoms with Crippen LogP contribution >= 0.6 is 11.6 Å². The first-order valence-electron chi connectivity index (χ1n) is 8.80. The number of carbonyl (C=O) groups is 1. The average molecular weight is 412 g/mol. The Labute approximate surface area is 163 Å². The van der Waals surface area contributed by atoms with Crippen molar-refractivity contribution in [3.63, 3.8) is 0 Å². The lowest BCUT2D eigenvalue weighted by Gasteiger charge is -2.17. The van der Waals surface area contributed by atoms with Gasteiger partial charge in [0.25, 0.3) is 0 Å². The summed E-state index contributed by atoms with van der Waals surface area (Å²) in [4.78, 5) is 12.8. The molecule has 0 radical (unpaired) electrons. The van der Waals surface area contributed by atoms with E-state index in [4.69, 9.17) is 16.3 Å². The zero-order valence-electron chi connectivity index (χ0n) is 15.3. The molecule has 0 amide bonds. The fourth-order valence-electron chi connectivity index (χ4n) is 3.01. The maximum atomic E-state index is 13.1. The molecule has 2 aromatic rings. The van der Waals surface area contributed by atoms with Gasteiger partial charge in [0.05, 0.1) is 27.6 Å². The lowest BCUT2D eigenvalue weighted by atomic mass is 10.0. The van der Waals surface area contributed by atoms with E-state index in [-0.39, 0.29) is 27.7 Å². The standard InChI is InChI=1S/C18H22ClN3O4S/c1-3-26-14-8-7-12(17(23)13-11-20-22(2)18(13)24)15(19)16(14)21-27(25)9-5-4-6-10-27/h7-8,11,24H,3-6,9-10H2,1-2H3. The van der Waals surface area contributed by atoms with E-state index in [2.05, 4.69) is 9.46 Å². The molecule has 1 aromatic heterocycles. The topological polar surface area (TPSA) is 93.8 Å². The van der Waals surface area contributed by atoms with Gasteiger partial charge in [-0.25, -0.2) is 8.89 Å². The van der Waals surface area contributed by atoms with Gasteiger partial charge >= 0.3 is 0 Å². The van der Waals surface area contributed by atoms with Gasteiger partial charge in [-0.3, -0.25) is 4.79 Å². The van der Waals surface area contributed by atoms with Crippen molar-refractivity contribution in [3.8, 4) is 11.6 Å². The molecule has 1 aliphatic heterocycles. The van der Waals surface area contributed by atoms with Crippen LogP contribution in [0.15, 0.2) is 22.7 Å². The number of nitrogens with zero attached hydrogens (tertiary/aromatic N) is 3. The molecule has 146 valence electrons. The summed E-state index contributed by atoms with van der Waals surface area (Å²) < 4.78 is 24.3. The van der Waals surface area contributed by atoms with Crippen LogP contribution in [0.2, 0.25) is 5.02 Å². The minimum absolute atomic E-state index is 0.0383. The molecule has 9 heteroatoms. The van der Waals surface area contributed by atoms with Gasteiger partial charge in [-0.05, 0) is 31.9 Å². The van der Waals surface area contributed by atoms with Crippen molar-refractivity contribution in [2.45, 2.75) is 26.2 Å². The van der Waals surface area contributed by atoms with Gasteiger partial charge in [-0.2, -0.15) is 9.46 Å². The normalized spacial score (nSPS) is 16.1. The van der Waals surface area contributed by atoms with E-state index in [1.54, 1.807) is 6.07 Å². The second-order valence-electron chi connectivity index (χ2n) is 6.37. The van der Waals surface area contributed by atoms with Gasteiger partial charge in [-0.15, -0.1) is 0 Å². The molecule has 0 aliphatic carbocycles. The molecule has 1 fully saturated rings. The van der Waals surface area contributed by atoms with Crippen LogP contribution in [0.1, 0.15) is 42.1 Å². The third kappa shape index (κ3) is 3.96. The number of benzene rings is 1. The van der Waals surface area contributed by atoms with Crippen LogP contribution in [-0.2, 0) is 16.8 Å². The van der Waals surface area contributed by atoms with Crippen LogP contribution in [0.4, 0.5) is 5.69 Å². The van der Waals surface area contributed by atoms with E-state index < -0.39 is 15.5 Å². The van der Waals surface area contributed by atoms with Crippen LogP contribution in [0.25, 0.3) is 0 Å². The molecule has 2 heterocycles. The predicted octanol–water partition coefficient (Wildman–Crippen LogP) is 3.69. The van der Waals surface area contributed by atoms with Crippen molar-refractivity contribution in [3.05, 3.63) is 34.5 Å². The molecule has 1 aliphatic rings. The van der Waals surface area contributed by atoms with E-state index in [1.807, 2.05) is 6.92 Å². The largest absolute Gasteiger partial charge is 0.493 e. The van der Waals surface area contributed by atoms with Crippen LogP contribution in [-0.4, -0.2) is 43.0 Å². The number of halogens is 1. The van der Waals surface area contributed by atoms with Crippen LogP contribution in [0, 0.1) is 0 Å². The SMILES string of the molecule is CCOc1ccc(C(=O)c2cnn(C)c2O)c(Cl)c1N=S1(=O)CCCCC1. The molecular formula is C18H22ClN3O4S. The number of carbonyl (C=O) groups excluding carboxylic acids is 1. The van der Waals surface area contributed by atoms with Gasteiger partial charge < -0.3 is 9.84 Å². The third-order valence-electron chi connectivity index (χ3n) is 4.46. The molecule has 1 saturated heterocycles. The first-order valence-corrected chi connectivity index (χ1v) is 11.0. The van der Waals surface area contributed by atoms with Crippen molar-refractivity contribution < 1.29 is 18.8 Å². The van der Waals surface area contributed by atoms with Crippen molar-refractivity contribution in [2.24, 2.45) is 11.4 Å². The fraction of sp³-hybridized carbons (Fsp3) is 0.444. The summed E-state index contributed by atoms with van der Waals surface area (Å²) in [5.41, 5.74) is 0.428. The van der Waals surface area contributed by atoms with E-state index in [0.29, 0.717) is 23.9 Å². The van der Waals surface area contributed by atoms with Gasteiger partial charge in [0.2, 0.25) is 11.7 Å². The lowest BCUT2D eigenvalue weighted by Crippen LogP contribution is -2.16. The minimum Gasteiger partial charge on any atom is -0.493 e. The highest BCUT2D eigenvalue weighted by atomic mass is 35.5. The van der Waals surface area contributed by atoms with E-state index in [1.165, 1.54) is 24.0 Å². The second-order valence-corrected chi connectivity index (χ2v) is 9.30. The Kier molecular flexibility index (Phi) is 5.76. The van der Waals surface area contributed by atoms with Crippen LogP contribution in [0.3, 0.4) is 0 Å². The number of hydrogen-bond donors (Lipinski definition) is 1. The minimum atomic E-state index is -2.43. The van der Waals surface area contributed by atoms with Gasteiger partial charge in [-0.1, -0.05) is 18.0 Å². The van der Waals surface area contributed by atoms with Crippen molar-refractivity contribution in [2.75, 3.05) is 18.1 Å². The Hall–Kier alpha value is -2.06. The summed E-state index contributed by atoms with van der Waals surface area (Å²) in [5, 5.41) is 14.0. The first-order chi connectivity index (χ1) is 12.9. The summed E-state index contributed by atoms with van der Waals surface area (Å²) in [6.45, 7) is 2.21. The van der Waals surface area contributed by atoms with Crippen molar-refractivity contribution >= 4 is 32.8 Å². The Morgan fingerprint density at radius 3 is 2.63 bits per heavy atom. The monoisotopic (exact) mass is 411 g/mol. The second kappa shape index (κ2) is 7.90. The Balaban J connectivity index is 2.13. The lowest BCUT2D eigenvalue weighted by molar-refractivity contribution is 0.103. The number of rotatable bonds is 5. The molecule has 0 spiro atoms. The van der Waals surface area contributed by atoms with E-state index in [9.17, 15) is 14.1 Å². The van der Waals surface area contributed by atoms with Gasteiger partial charge in [0, 0.05) is 24.1 Å². The molecule has 27 heavy (non-hydrogen) atoms. The van der Waals surface area contributed by atoms with Crippen molar-refractivity contribution in [1.29, 1.82) is 0 Å². The van der Waals surface area contributed by atoms with Crippen LogP contribution in [0.5, 0.6) is 11.6 Å². The highest BCUT2D eigenvalue weighted by molar-refractivity contribution is 7.93. The summed E-state index contributed by atoms with van der Waals surface area (Å²) in [6, 6.07) is 3.12. The average Bonchev–Trinajstić information content (AvgIpc) is 2.97. The molecule has 0 saturated carbocycles. The molecular weight excluding hydrogens is 390 g/mol. The van der Waals surface area contributed by atoms with Crippen molar-refractivity contribution in [1.82, 2.24) is 9.78 Å². The summed E-state index contributed by atoms with van der Waals surface area (Å²) >= 11 is 6.51. The highest BCUT2D eigenvalue weighted by Gasteiger charge is 2.24. The number of aromatic hydroxyl groups is 1. The molecule has 1 aromatic carbocycles. The Morgan fingerprint density at radius 1 is 1.33 bits per heavy atom. The van der Waals surface area contributed by atoms with Gasteiger partial charge in [0.15, 0.2) is 0 Å². The number of ether oxygens (including phenoxy) is 1. The van der Waals surface area contributed by atoms with Crippen LogP contribution < -0.4 is 4.74 Å². The summed E-state index contributed by atoms with van der Waals surface area (Å²) in [6.07, 6.45) is 4.03. The van der Waals surface area contributed by atoms with Gasteiger partial charge in [0.1, 0.15) is 17.0 Å². The smallest absolute Gasteiger partial charge is 0.220 e. The van der Waals surface area contributed by atoms with E-state index in [0.717, 1.165) is 19.3 Å². The first kappa shape index (κ1) is 19.7. The summed E-state index contributed by atoms with van der Waals surface area (Å²) in [5.74, 6) is 0.681. The molecule has 1 N–H and O–H groups in total. The molecule has 0 unspecified atom stereocenters. The third-order valence-corrected chi connectivity index (χ3v) is 7.21.